The van der Waals surface area contributed by atoms with Gasteiger partial charge in [0.05, 0.1) is 19.5 Å². The number of hydrogen-bond acceptors (Lipinski definition) is 3. The number of nitrogens with zero attached hydrogens (tertiary/aromatic N) is 2. The summed E-state index contributed by atoms with van der Waals surface area (Å²) in [6.07, 6.45) is 4.62. The van der Waals surface area contributed by atoms with Gasteiger partial charge in [-0.1, -0.05) is 18.2 Å². The first kappa shape index (κ1) is 11.7. The summed E-state index contributed by atoms with van der Waals surface area (Å²) in [5.41, 5.74) is 0.808. The molecule has 1 aromatic heterocycles. The molecule has 0 amide bonds. The van der Waals surface area contributed by atoms with E-state index in [1.54, 1.807) is 12.5 Å². The van der Waals surface area contributed by atoms with Gasteiger partial charge in [-0.2, -0.15) is 0 Å². The van der Waals surface area contributed by atoms with Crippen LogP contribution in [0, 0.1) is 0 Å². The van der Waals surface area contributed by atoms with Gasteiger partial charge in [-0.25, -0.2) is 4.98 Å². The minimum absolute atomic E-state index is 0.476. The largest absolute Gasteiger partial charge is 0.493 e. The summed E-state index contributed by atoms with van der Waals surface area (Å²) in [5.74, 6) is 0.739. The minimum Gasteiger partial charge on any atom is -0.493 e. The van der Waals surface area contributed by atoms with E-state index in [1.807, 2.05) is 42.0 Å². The lowest BCUT2D eigenvalue weighted by molar-refractivity contribution is 0.151. The zero-order valence-corrected chi connectivity index (χ0v) is 9.78. The standard InChI is InChI=1S/C13H16N2O2/c1-2-17-13-6-4-3-5-11(13)12(16)9-15-8-7-14-10-15/h3-8,10,12,16H,2,9H2,1H3. The number of aliphatic hydroxyl groups excluding tert-OH is 1. The van der Waals surface area contributed by atoms with Crippen molar-refractivity contribution in [2.45, 2.75) is 19.6 Å². The Morgan fingerprint density at radius 1 is 1.41 bits per heavy atom. The molecule has 1 N–H and O–H groups in total. The molecule has 0 radical (unpaired) electrons. The number of para-hydroxylation sites is 1. The SMILES string of the molecule is CCOc1ccccc1C(O)Cn1ccnc1. The minimum atomic E-state index is -0.591. The average molecular weight is 232 g/mol. The van der Waals surface area contributed by atoms with Crippen LogP contribution in [0.4, 0.5) is 0 Å². The molecule has 2 rings (SSSR count). The molecule has 0 bridgehead atoms. The number of ether oxygens (including phenoxy) is 1. The summed E-state index contributed by atoms with van der Waals surface area (Å²) in [6, 6.07) is 7.55. The van der Waals surface area contributed by atoms with Crippen LogP contribution in [-0.2, 0) is 6.54 Å². The zero-order valence-electron chi connectivity index (χ0n) is 9.78. The number of aromatic nitrogens is 2. The number of aliphatic hydroxyl groups is 1. The Bertz CT molecular complexity index is 454. The van der Waals surface area contributed by atoms with E-state index in [4.69, 9.17) is 4.74 Å². The molecule has 0 aliphatic carbocycles. The van der Waals surface area contributed by atoms with Crippen molar-refractivity contribution >= 4 is 0 Å². The Kier molecular flexibility index (Phi) is 3.77. The molecule has 17 heavy (non-hydrogen) atoms. The maximum atomic E-state index is 10.2. The van der Waals surface area contributed by atoms with Gasteiger partial charge in [0.2, 0.25) is 0 Å². The number of rotatable bonds is 5. The summed E-state index contributed by atoms with van der Waals surface area (Å²) in [6.45, 7) is 3.00. The molecule has 4 heteroatoms. The van der Waals surface area contributed by atoms with Crippen LogP contribution >= 0.6 is 0 Å². The normalized spacial score (nSPS) is 12.4. The van der Waals surface area contributed by atoms with Gasteiger partial charge in [0.1, 0.15) is 11.9 Å². The van der Waals surface area contributed by atoms with Crippen molar-refractivity contribution in [3.63, 3.8) is 0 Å². The molecule has 0 saturated heterocycles. The van der Waals surface area contributed by atoms with Gasteiger partial charge in [0, 0.05) is 18.0 Å². The number of hydrogen-bond donors (Lipinski definition) is 1. The van der Waals surface area contributed by atoms with E-state index < -0.39 is 6.10 Å². The monoisotopic (exact) mass is 232 g/mol. The molecule has 0 aliphatic rings. The predicted octanol–water partition coefficient (Wildman–Crippen LogP) is 2.02. The van der Waals surface area contributed by atoms with Gasteiger partial charge < -0.3 is 14.4 Å². The molecule has 1 atom stereocenters. The van der Waals surface area contributed by atoms with Crippen LogP contribution in [0.3, 0.4) is 0 Å². The van der Waals surface area contributed by atoms with Crippen molar-refractivity contribution in [1.29, 1.82) is 0 Å². The summed E-state index contributed by atoms with van der Waals surface area (Å²) >= 11 is 0. The molecule has 0 aliphatic heterocycles. The van der Waals surface area contributed by atoms with E-state index in [2.05, 4.69) is 4.98 Å². The summed E-state index contributed by atoms with van der Waals surface area (Å²) in [5, 5.41) is 10.2. The Morgan fingerprint density at radius 2 is 2.24 bits per heavy atom. The van der Waals surface area contributed by atoms with Crippen molar-refractivity contribution in [1.82, 2.24) is 9.55 Å². The highest BCUT2D eigenvalue weighted by atomic mass is 16.5. The van der Waals surface area contributed by atoms with E-state index >= 15 is 0 Å². The van der Waals surface area contributed by atoms with Crippen LogP contribution in [0.1, 0.15) is 18.6 Å². The van der Waals surface area contributed by atoms with Crippen LogP contribution in [0.2, 0.25) is 0 Å². The molecule has 0 spiro atoms. The van der Waals surface area contributed by atoms with E-state index in [-0.39, 0.29) is 0 Å². The maximum Gasteiger partial charge on any atom is 0.125 e. The second kappa shape index (κ2) is 5.50. The molecule has 1 heterocycles. The fourth-order valence-electron chi connectivity index (χ4n) is 1.74. The fourth-order valence-corrected chi connectivity index (χ4v) is 1.74. The van der Waals surface area contributed by atoms with Crippen LogP contribution in [0.15, 0.2) is 43.0 Å². The molecule has 1 unspecified atom stereocenters. The smallest absolute Gasteiger partial charge is 0.125 e. The van der Waals surface area contributed by atoms with E-state index in [0.29, 0.717) is 13.2 Å². The number of benzene rings is 1. The Labute approximate surface area is 100 Å². The van der Waals surface area contributed by atoms with Gasteiger partial charge in [0.25, 0.3) is 0 Å². The molecule has 1 aromatic carbocycles. The topological polar surface area (TPSA) is 47.3 Å². The molecular weight excluding hydrogens is 216 g/mol. The van der Waals surface area contributed by atoms with Crippen molar-refractivity contribution in [3.05, 3.63) is 48.5 Å². The molecule has 90 valence electrons. The highest BCUT2D eigenvalue weighted by Crippen LogP contribution is 2.25. The third-order valence-corrected chi connectivity index (χ3v) is 2.52. The van der Waals surface area contributed by atoms with Crippen LogP contribution < -0.4 is 4.74 Å². The molecule has 0 fully saturated rings. The van der Waals surface area contributed by atoms with Crippen LogP contribution in [-0.4, -0.2) is 21.3 Å². The second-order valence-corrected chi connectivity index (χ2v) is 3.75. The van der Waals surface area contributed by atoms with E-state index in [0.717, 1.165) is 11.3 Å². The lowest BCUT2D eigenvalue weighted by Crippen LogP contribution is -2.09. The van der Waals surface area contributed by atoms with Crippen LogP contribution in [0.5, 0.6) is 5.75 Å². The van der Waals surface area contributed by atoms with E-state index in [1.165, 1.54) is 0 Å². The van der Waals surface area contributed by atoms with Gasteiger partial charge in [-0.3, -0.25) is 0 Å². The third-order valence-electron chi connectivity index (χ3n) is 2.52. The van der Waals surface area contributed by atoms with Crippen molar-refractivity contribution in [3.8, 4) is 5.75 Å². The average Bonchev–Trinajstić information content (AvgIpc) is 2.83. The van der Waals surface area contributed by atoms with E-state index in [9.17, 15) is 5.11 Å². The third kappa shape index (κ3) is 2.85. The maximum absolute atomic E-state index is 10.2. The summed E-state index contributed by atoms with van der Waals surface area (Å²) < 4.78 is 7.33. The van der Waals surface area contributed by atoms with Crippen molar-refractivity contribution < 1.29 is 9.84 Å². The quantitative estimate of drug-likeness (QED) is 0.857. The number of imidazole rings is 1. The van der Waals surface area contributed by atoms with Gasteiger partial charge in [-0.05, 0) is 13.0 Å². The first-order chi connectivity index (χ1) is 8.31. The molecule has 0 saturated carbocycles. The lowest BCUT2D eigenvalue weighted by atomic mass is 10.1. The summed E-state index contributed by atoms with van der Waals surface area (Å²) in [7, 11) is 0. The summed E-state index contributed by atoms with van der Waals surface area (Å²) in [4.78, 5) is 3.95. The van der Waals surface area contributed by atoms with Crippen LogP contribution in [0.25, 0.3) is 0 Å². The highest BCUT2D eigenvalue weighted by Gasteiger charge is 2.13. The van der Waals surface area contributed by atoms with Gasteiger partial charge in [0.15, 0.2) is 0 Å². The second-order valence-electron chi connectivity index (χ2n) is 3.75. The Morgan fingerprint density at radius 3 is 2.94 bits per heavy atom. The molecular formula is C13H16N2O2. The van der Waals surface area contributed by atoms with Crippen molar-refractivity contribution in [2.24, 2.45) is 0 Å². The van der Waals surface area contributed by atoms with Gasteiger partial charge in [-0.15, -0.1) is 0 Å². The molecule has 2 aromatic rings. The Balaban J connectivity index is 2.15. The molecule has 4 nitrogen and oxygen atoms in total. The van der Waals surface area contributed by atoms with Gasteiger partial charge >= 0.3 is 0 Å². The Hall–Kier alpha value is -1.81. The first-order valence-electron chi connectivity index (χ1n) is 5.66. The first-order valence-corrected chi connectivity index (χ1v) is 5.66. The van der Waals surface area contributed by atoms with Crippen molar-refractivity contribution in [2.75, 3.05) is 6.61 Å². The lowest BCUT2D eigenvalue weighted by Gasteiger charge is -2.15. The highest BCUT2D eigenvalue weighted by molar-refractivity contribution is 5.35. The predicted molar refractivity (Wildman–Crippen MR) is 64.8 cm³/mol. The zero-order chi connectivity index (χ0) is 12.1. The fraction of sp³-hybridized carbons (Fsp3) is 0.308.